The van der Waals surface area contributed by atoms with Crippen molar-refractivity contribution in [2.24, 2.45) is 5.73 Å². The third-order valence-electron chi connectivity index (χ3n) is 5.33. The summed E-state index contributed by atoms with van der Waals surface area (Å²) in [6.45, 7) is 3.85. The second-order valence-electron chi connectivity index (χ2n) is 7.71. The number of rotatable bonds is 7. The summed E-state index contributed by atoms with van der Waals surface area (Å²) in [6.07, 6.45) is 2.70. The van der Waals surface area contributed by atoms with Crippen LogP contribution in [0.5, 0.6) is 0 Å². The van der Waals surface area contributed by atoms with Gasteiger partial charge in [0.1, 0.15) is 0 Å². The van der Waals surface area contributed by atoms with Crippen LogP contribution in [0.1, 0.15) is 41.1 Å². The minimum atomic E-state index is -0.530. The molecule has 31 heavy (non-hydrogen) atoms. The zero-order valence-electron chi connectivity index (χ0n) is 17.4. The monoisotopic (exact) mass is 419 g/mol. The van der Waals surface area contributed by atoms with E-state index in [0.29, 0.717) is 29.5 Å². The largest absolute Gasteiger partial charge is 0.421 e. The first kappa shape index (κ1) is 20.6. The van der Waals surface area contributed by atoms with Crippen LogP contribution in [0, 0.1) is 6.92 Å². The van der Waals surface area contributed by atoms with Gasteiger partial charge in [-0.1, -0.05) is 17.7 Å². The molecule has 160 valence electrons. The van der Waals surface area contributed by atoms with Gasteiger partial charge in [0, 0.05) is 37.1 Å². The molecule has 0 bridgehead atoms. The van der Waals surface area contributed by atoms with E-state index in [1.807, 2.05) is 37.3 Å². The van der Waals surface area contributed by atoms with Crippen molar-refractivity contribution in [2.45, 2.75) is 32.6 Å². The van der Waals surface area contributed by atoms with Gasteiger partial charge in [0.2, 0.25) is 23.6 Å². The molecule has 1 fully saturated rings. The van der Waals surface area contributed by atoms with Gasteiger partial charge in [0.15, 0.2) is 0 Å². The molecule has 2 heterocycles. The van der Waals surface area contributed by atoms with Crippen molar-refractivity contribution in [1.82, 2.24) is 10.2 Å². The minimum Gasteiger partial charge on any atom is -0.421 e. The summed E-state index contributed by atoms with van der Waals surface area (Å²) in [6, 6.07) is 13.0. The molecule has 2 amide bonds. The normalized spacial score (nSPS) is 13.4. The molecule has 1 saturated heterocycles. The quantitative estimate of drug-likeness (QED) is 0.607. The lowest BCUT2D eigenvalue weighted by Crippen LogP contribution is -2.22. The molecular weight excluding hydrogens is 394 g/mol. The number of benzene rings is 2. The van der Waals surface area contributed by atoms with Crippen LogP contribution in [-0.4, -0.2) is 35.1 Å². The fourth-order valence-electron chi connectivity index (χ4n) is 3.62. The van der Waals surface area contributed by atoms with Crippen LogP contribution in [0.3, 0.4) is 0 Å². The van der Waals surface area contributed by atoms with Gasteiger partial charge in [-0.3, -0.25) is 9.59 Å². The summed E-state index contributed by atoms with van der Waals surface area (Å²) in [5.74, 6) is 0.104. The number of nitrogens with zero attached hydrogens (tertiary/aromatic N) is 3. The van der Waals surface area contributed by atoms with Crippen LogP contribution in [-0.2, 0) is 11.2 Å². The van der Waals surface area contributed by atoms with Crippen LogP contribution >= 0.6 is 0 Å². The Labute approximate surface area is 180 Å². The van der Waals surface area contributed by atoms with Crippen molar-refractivity contribution in [3.8, 4) is 11.5 Å². The van der Waals surface area contributed by atoms with Crippen molar-refractivity contribution < 1.29 is 14.0 Å². The van der Waals surface area contributed by atoms with Crippen molar-refractivity contribution in [2.75, 3.05) is 23.3 Å². The Morgan fingerprint density at radius 3 is 2.55 bits per heavy atom. The summed E-state index contributed by atoms with van der Waals surface area (Å²) in [4.78, 5) is 26.4. The van der Waals surface area contributed by atoms with Gasteiger partial charge in [0.05, 0.1) is 11.4 Å². The Balaban J connectivity index is 1.42. The molecular formula is C23H25N5O3. The Kier molecular flexibility index (Phi) is 5.97. The predicted octanol–water partition coefficient (Wildman–Crippen LogP) is 3.32. The Bertz CT molecular complexity index is 1080. The number of hydrogen-bond donors (Lipinski definition) is 2. The number of primary amides is 1. The number of amides is 2. The highest BCUT2D eigenvalue weighted by Gasteiger charge is 2.19. The van der Waals surface area contributed by atoms with Gasteiger partial charge >= 0.3 is 0 Å². The van der Waals surface area contributed by atoms with Crippen molar-refractivity contribution in [3.05, 3.63) is 59.5 Å². The second-order valence-corrected chi connectivity index (χ2v) is 7.71. The highest BCUT2D eigenvalue weighted by atomic mass is 16.4. The molecule has 1 aromatic heterocycles. The van der Waals surface area contributed by atoms with Crippen LogP contribution in [0.4, 0.5) is 11.4 Å². The summed E-state index contributed by atoms with van der Waals surface area (Å²) in [5, 5.41) is 11.0. The van der Waals surface area contributed by atoms with Gasteiger partial charge < -0.3 is 20.4 Å². The van der Waals surface area contributed by atoms with Crippen LogP contribution < -0.4 is 16.0 Å². The maximum absolute atomic E-state index is 12.6. The van der Waals surface area contributed by atoms with E-state index in [2.05, 4.69) is 20.4 Å². The molecule has 0 radical (unpaired) electrons. The molecule has 0 saturated carbocycles. The predicted molar refractivity (Wildman–Crippen MR) is 118 cm³/mol. The third-order valence-corrected chi connectivity index (χ3v) is 5.33. The van der Waals surface area contributed by atoms with Crippen LogP contribution in [0.15, 0.2) is 46.9 Å². The van der Waals surface area contributed by atoms with Gasteiger partial charge in [0.25, 0.3) is 0 Å². The molecule has 1 aliphatic rings. The van der Waals surface area contributed by atoms with Crippen LogP contribution in [0.2, 0.25) is 0 Å². The summed E-state index contributed by atoms with van der Waals surface area (Å²) in [7, 11) is 0. The number of carbonyl (C=O) groups is 2. The Hall–Kier alpha value is -3.68. The minimum absolute atomic E-state index is 0.176. The summed E-state index contributed by atoms with van der Waals surface area (Å²) < 4.78 is 5.69. The lowest BCUT2D eigenvalue weighted by Gasteiger charge is -2.22. The van der Waals surface area contributed by atoms with E-state index in [-0.39, 0.29) is 12.3 Å². The fraction of sp³-hybridized carbons (Fsp3) is 0.304. The number of aromatic nitrogens is 2. The smallest absolute Gasteiger partial charge is 0.248 e. The number of nitrogens with one attached hydrogen (secondary N) is 1. The highest BCUT2D eigenvalue weighted by molar-refractivity contribution is 5.99. The third kappa shape index (κ3) is 4.91. The molecule has 3 aromatic rings. The maximum atomic E-state index is 12.6. The average Bonchev–Trinajstić information content (AvgIpc) is 3.45. The first-order chi connectivity index (χ1) is 15.0. The number of anilines is 2. The number of nitrogens with two attached hydrogens (primary N) is 1. The zero-order valence-corrected chi connectivity index (χ0v) is 17.4. The van der Waals surface area contributed by atoms with E-state index < -0.39 is 5.91 Å². The molecule has 0 spiro atoms. The van der Waals surface area contributed by atoms with E-state index in [0.717, 1.165) is 42.7 Å². The molecule has 8 heteroatoms. The molecule has 8 nitrogen and oxygen atoms in total. The molecule has 4 rings (SSSR count). The lowest BCUT2D eigenvalue weighted by molar-refractivity contribution is -0.116. The molecule has 0 atom stereocenters. The van der Waals surface area contributed by atoms with Gasteiger partial charge in [-0.25, -0.2) is 0 Å². The molecule has 0 aliphatic carbocycles. The average molecular weight is 419 g/mol. The number of aryl methyl sites for hydroxylation is 2. The van der Waals surface area contributed by atoms with Crippen molar-refractivity contribution in [3.63, 3.8) is 0 Å². The standard InChI is InChI=1S/C23H25N5O3/c1-15-4-6-16(7-5-15)23-27-26-21(31-23)11-10-20(29)25-18-14-17(22(24)30)8-9-19(18)28-12-2-3-13-28/h4-9,14H,2-3,10-13H2,1H3,(H2,24,30)(H,25,29). The summed E-state index contributed by atoms with van der Waals surface area (Å²) >= 11 is 0. The lowest BCUT2D eigenvalue weighted by atomic mass is 10.1. The van der Waals surface area contributed by atoms with Crippen molar-refractivity contribution in [1.29, 1.82) is 0 Å². The number of hydrogen-bond acceptors (Lipinski definition) is 6. The van der Waals surface area contributed by atoms with E-state index in [1.165, 1.54) is 0 Å². The SMILES string of the molecule is Cc1ccc(-c2nnc(CCC(=O)Nc3cc(C(N)=O)ccc3N3CCCC3)o2)cc1. The number of carbonyl (C=O) groups excluding carboxylic acids is 2. The van der Waals surface area contributed by atoms with Gasteiger partial charge in [-0.2, -0.15) is 0 Å². The van der Waals surface area contributed by atoms with E-state index >= 15 is 0 Å². The highest BCUT2D eigenvalue weighted by Crippen LogP contribution is 2.30. The first-order valence-corrected chi connectivity index (χ1v) is 10.4. The second kappa shape index (κ2) is 8.99. The Morgan fingerprint density at radius 2 is 1.84 bits per heavy atom. The molecule has 3 N–H and O–H groups in total. The molecule has 1 aliphatic heterocycles. The molecule has 2 aromatic carbocycles. The van der Waals surface area contributed by atoms with Gasteiger partial charge in [-0.15, -0.1) is 10.2 Å². The van der Waals surface area contributed by atoms with Crippen molar-refractivity contribution >= 4 is 23.2 Å². The van der Waals surface area contributed by atoms with E-state index in [1.54, 1.807) is 12.1 Å². The topological polar surface area (TPSA) is 114 Å². The Morgan fingerprint density at radius 1 is 1.10 bits per heavy atom. The first-order valence-electron chi connectivity index (χ1n) is 10.4. The summed E-state index contributed by atoms with van der Waals surface area (Å²) in [5.41, 5.74) is 9.25. The zero-order chi connectivity index (χ0) is 21.8. The molecule has 0 unspecified atom stereocenters. The maximum Gasteiger partial charge on any atom is 0.248 e. The fourth-order valence-corrected chi connectivity index (χ4v) is 3.62. The van der Waals surface area contributed by atoms with Gasteiger partial charge in [-0.05, 0) is 50.1 Å². The van der Waals surface area contributed by atoms with E-state index in [4.69, 9.17) is 10.2 Å². The van der Waals surface area contributed by atoms with Crippen LogP contribution in [0.25, 0.3) is 11.5 Å². The van der Waals surface area contributed by atoms with E-state index in [9.17, 15) is 9.59 Å².